The molecule has 1 aliphatic heterocycles. The van der Waals surface area contributed by atoms with E-state index in [4.69, 9.17) is 0 Å². The molecule has 26 heavy (non-hydrogen) atoms. The van der Waals surface area contributed by atoms with Gasteiger partial charge in [-0.2, -0.15) is 13.2 Å². The van der Waals surface area contributed by atoms with Gasteiger partial charge in [0.15, 0.2) is 0 Å². The Labute approximate surface area is 159 Å². The summed E-state index contributed by atoms with van der Waals surface area (Å²) in [5.74, 6) is 0.0413. The van der Waals surface area contributed by atoms with Crippen molar-refractivity contribution in [3.63, 3.8) is 0 Å². The average molecular weight is 429 g/mol. The highest BCUT2D eigenvalue weighted by Crippen LogP contribution is 2.27. The molecule has 0 amide bonds. The topological polar surface area (TPSA) is 41.1 Å². The fourth-order valence-corrected chi connectivity index (χ4v) is 3.35. The Morgan fingerprint density at radius 2 is 1.96 bits per heavy atom. The molecule has 0 radical (unpaired) electrons. The largest absolute Gasteiger partial charge is 0.433 e. The van der Waals surface area contributed by atoms with E-state index in [9.17, 15) is 13.2 Å². The molecule has 1 aromatic carbocycles. The highest BCUT2D eigenvalue weighted by atomic mass is 79.9. The van der Waals surface area contributed by atoms with Crippen LogP contribution in [0.1, 0.15) is 24.1 Å². The summed E-state index contributed by atoms with van der Waals surface area (Å²) < 4.78 is 39.4. The zero-order valence-electron chi connectivity index (χ0n) is 14.1. The molecule has 2 heterocycles. The van der Waals surface area contributed by atoms with Crippen LogP contribution in [0.2, 0.25) is 0 Å². The van der Waals surface area contributed by atoms with Gasteiger partial charge in [0.25, 0.3) is 0 Å². The number of nitrogens with one attached hydrogen (secondary N) is 1. The lowest BCUT2D eigenvalue weighted by Gasteiger charge is -2.33. The van der Waals surface area contributed by atoms with Crippen LogP contribution >= 0.6 is 15.9 Å². The van der Waals surface area contributed by atoms with Gasteiger partial charge in [-0.3, -0.25) is 0 Å². The molecule has 2 aromatic rings. The van der Waals surface area contributed by atoms with E-state index in [0.717, 1.165) is 55.6 Å². The van der Waals surface area contributed by atoms with Crippen molar-refractivity contribution < 1.29 is 13.2 Å². The van der Waals surface area contributed by atoms with Crippen LogP contribution in [-0.4, -0.2) is 40.5 Å². The molecule has 4 nitrogen and oxygen atoms in total. The van der Waals surface area contributed by atoms with Crippen LogP contribution in [0.3, 0.4) is 0 Å². The second kappa shape index (κ2) is 8.35. The first-order valence-corrected chi connectivity index (χ1v) is 9.33. The SMILES string of the molecule is FC(F)(F)c1ccnc(NC2CCCN(CCc3ccc(Br)cc3)C2)n1. The monoisotopic (exact) mass is 428 g/mol. The van der Waals surface area contributed by atoms with Crippen molar-refractivity contribution in [1.82, 2.24) is 14.9 Å². The van der Waals surface area contributed by atoms with Crippen LogP contribution in [0.25, 0.3) is 0 Å². The number of benzene rings is 1. The molecule has 1 aromatic heterocycles. The molecular weight excluding hydrogens is 409 g/mol. The van der Waals surface area contributed by atoms with E-state index in [1.165, 1.54) is 5.56 Å². The summed E-state index contributed by atoms with van der Waals surface area (Å²) in [6.45, 7) is 2.69. The minimum absolute atomic E-state index is 0.0413. The Kier molecular flexibility index (Phi) is 6.13. The summed E-state index contributed by atoms with van der Waals surface area (Å²) in [4.78, 5) is 9.85. The lowest BCUT2D eigenvalue weighted by Crippen LogP contribution is -2.43. The van der Waals surface area contributed by atoms with E-state index in [1.807, 2.05) is 12.1 Å². The van der Waals surface area contributed by atoms with Crippen molar-refractivity contribution in [2.24, 2.45) is 0 Å². The second-order valence-corrected chi connectivity index (χ2v) is 7.34. The standard InChI is InChI=1S/C18H20BrF3N4/c19-14-5-3-13(4-6-14)8-11-26-10-1-2-15(12-26)24-17-23-9-7-16(25-17)18(20,21)22/h3-7,9,15H,1-2,8,10-12H2,(H,23,24,25). The summed E-state index contributed by atoms with van der Waals surface area (Å²) in [5, 5.41) is 3.06. The minimum atomic E-state index is -4.46. The summed E-state index contributed by atoms with van der Waals surface area (Å²) in [6.07, 6.45) is -0.472. The lowest BCUT2D eigenvalue weighted by atomic mass is 10.0. The summed E-state index contributed by atoms with van der Waals surface area (Å²) in [7, 11) is 0. The molecule has 1 unspecified atom stereocenters. The molecule has 0 aliphatic carbocycles. The summed E-state index contributed by atoms with van der Waals surface area (Å²) >= 11 is 3.43. The number of aromatic nitrogens is 2. The number of halogens is 4. The molecule has 1 fully saturated rings. The predicted octanol–water partition coefficient (Wildman–Crippen LogP) is 4.38. The Morgan fingerprint density at radius 3 is 2.69 bits per heavy atom. The number of alkyl halides is 3. The molecule has 0 saturated carbocycles. The van der Waals surface area contributed by atoms with Gasteiger partial charge in [-0.05, 0) is 49.6 Å². The minimum Gasteiger partial charge on any atom is -0.350 e. The summed E-state index contributed by atoms with van der Waals surface area (Å²) in [6, 6.07) is 9.19. The van der Waals surface area contributed by atoms with Crippen molar-refractivity contribution in [3.8, 4) is 0 Å². The average Bonchev–Trinajstić information content (AvgIpc) is 2.61. The van der Waals surface area contributed by atoms with Crippen LogP contribution in [-0.2, 0) is 12.6 Å². The van der Waals surface area contributed by atoms with Gasteiger partial charge in [0.2, 0.25) is 5.95 Å². The fraction of sp³-hybridized carbons (Fsp3) is 0.444. The summed E-state index contributed by atoms with van der Waals surface area (Å²) in [5.41, 5.74) is 0.349. The molecule has 140 valence electrons. The number of anilines is 1. The highest BCUT2D eigenvalue weighted by molar-refractivity contribution is 9.10. The molecule has 1 N–H and O–H groups in total. The first kappa shape index (κ1) is 19.1. The molecule has 1 saturated heterocycles. The Hall–Kier alpha value is -1.67. The van der Waals surface area contributed by atoms with Crippen LogP contribution in [0.4, 0.5) is 19.1 Å². The van der Waals surface area contributed by atoms with Crippen molar-refractivity contribution >= 4 is 21.9 Å². The molecular formula is C18H20BrF3N4. The van der Waals surface area contributed by atoms with Crippen LogP contribution in [0.5, 0.6) is 0 Å². The maximum absolute atomic E-state index is 12.8. The van der Waals surface area contributed by atoms with Crippen LogP contribution < -0.4 is 5.32 Å². The number of hydrogen-bond donors (Lipinski definition) is 1. The second-order valence-electron chi connectivity index (χ2n) is 6.42. The van der Waals surface area contributed by atoms with E-state index in [0.29, 0.717) is 0 Å². The highest BCUT2D eigenvalue weighted by Gasteiger charge is 2.33. The van der Waals surface area contributed by atoms with E-state index in [2.05, 4.69) is 48.2 Å². The Bertz CT molecular complexity index is 721. The number of rotatable bonds is 5. The Morgan fingerprint density at radius 1 is 1.19 bits per heavy atom. The van der Waals surface area contributed by atoms with Gasteiger partial charge in [0, 0.05) is 29.8 Å². The maximum Gasteiger partial charge on any atom is 0.433 e. The van der Waals surface area contributed by atoms with E-state index >= 15 is 0 Å². The van der Waals surface area contributed by atoms with Crippen molar-refractivity contribution in [2.75, 3.05) is 25.0 Å². The van der Waals surface area contributed by atoms with Crippen molar-refractivity contribution in [2.45, 2.75) is 31.5 Å². The van der Waals surface area contributed by atoms with E-state index in [1.54, 1.807) is 0 Å². The van der Waals surface area contributed by atoms with Gasteiger partial charge >= 0.3 is 6.18 Å². The smallest absolute Gasteiger partial charge is 0.350 e. The van der Waals surface area contributed by atoms with E-state index < -0.39 is 11.9 Å². The van der Waals surface area contributed by atoms with Crippen molar-refractivity contribution in [3.05, 3.63) is 52.3 Å². The zero-order valence-corrected chi connectivity index (χ0v) is 15.7. The fourth-order valence-electron chi connectivity index (χ4n) is 3.08. The van der Waals surface area contributed by atoms with Gasteiger partial charge in [0.05, 0.1) is 0 Å². The molecule has 8 heteroatoms. The zero-order chi connectivity index (χ0) is 18.6. The number of nitrogens with zero attached hydrogens (tertiary/aromatic N) is 3. The molecule has 1 atom stereocenters. The van der Waals surface area contributed by atoms with Crippen LogP contribution in [0.15, 0.2) is 41.0 Å². The maximum atomic E-state index is 12.8. The molecule has 0 spiro atoms. The quantitative estimate of drug-likeness (QED) is 0.766. The normalized spacial score (nSPS) is 18.7. The predicted molar refractivity (Wildman–Crippen MR) is 98.0 cm³/mol. The van der Waals surface area contributed by atoms with Gasteiger partial charge in [-0.1, -0.05) is 28.1 Å². The van der Waals surface area contributed by atoms with Crippen LogP contribution in [0, 0.1) is 0 Å². The van der Waals surface area contributed by atoms with Gasteiger partial charge in [-0.15, -0.1) is 0 Å². The van der Waals surface area contributed by atoms with Gasteiger partial charge in [0.1, 0.15) is 5.69 Å². The number of piperidine rings is 1. The van der Waals surface area contributed by atoms with Gasteiger partial charge < -0.3 is 10.2 Å². The third-order valence-electron chi connectivity index (χ3n) is 4.41. The number of hydrogen-bond acceptors (Lipinski definition) is 4. The van der Waals surface area contributed by atoms with Gasteiger partial charge in [-0.25, -0.2) is 9.97 Å². The first-order valence-electron chi connectivity index (χ1n) is 8.54. The number of likely N-dealkylation sites (tertiary alicyclic amines) is 1. The third kappa shape index (κ3) is 5.41. The Balaban J connectivity index is 1.54. The molecule has 1 aliphatic rings. The first-order chi connectivity index (χ1) is 12.4. The molecule has 3 rings (SSSR count). The van der Waals surface area contributed by atoms with E-state index in [-0.39, 0.29) is 12.0 Å². The van der Waals surface area contributed by atoms with Crippen molar-refractivity contribution in [1.29, 1.82) is 0 Å². The third-order valence-corrected chi connectivity index (χ3v) is 4.94. The molecule has 0 bridgehead atoms. The lowest BCUT2D eigenvalue weighted by molar-refractivity contribution is -0.141.